The van der Waals surface area contributed by atoms with Gasteiger partial charge in [-0.3, -0.25) is 0 Å². The van der Waals surface area contributed by atoms with Crippen LogP contribution in [0.3, 0.4) is 0 Å². The molecule has 0 aliphatic rings. The van der Waals surface area contributed by atoms with Crippen LogP contribution in [-0.2, 0) is 9.84 Å². The van der Waals surface area contributed by atoms with Crippen LogP contribution in [0.1, 0.15) is 0 Å². The van der Waals surface area contributed by atoms with Crippen LogP contribution >= 0.6 is 0 Å². The van der Waals surface area contributed by atoms with E-state index >= 15 is 0 Å². The number of hydrogen-bond donors (Lipinski definition) is 1. The molecule has 6 heteroatoms. The second-order valence-corrected chi connectivity index (χ2v) is 4.03. The smallest absolute Gasteiger partial charge is 0.180 e. The number of hydrogen-bond acceptors (Lipinski definition) is 5. The molecule has 0 atom stereocenters. The molecule has 0 unspecified atom stereocenters. The molecule has 0 radical (unpaired) electrons. The quantitative estimate of drug-likeness (QED) is 0.616. The van der Waals surface area contributed by atoms with Crippen LogP contribution in [-0.4, -0.2) is 24.6 Å². The van der Waals surface area contributed by atoms with E-state index in [4.69, 9.17) is 5.73 Å². The van der Waals surface area contributed by atoms with Crippen molar-refractivity contribution in [2.75, 3.05) is 12.0 Å². The highest BCUT2D eigenvalue weighted by Gasteiger charge is 2.11. The molecular formula is C5H7N3O2S. The fourth-order valence-electron chi connectivity index (χ4n) is 0.612. The van der Waals surface area contributed by atoms with Crippen molar-refractivity contribution in [2.45, 2.75) is 4.90 Å². The second kappa shape index (κ2) is 2.46. The summed E-state index contributed by atoms with van der Waals surface area (Å²) in [5.41, 5.74) is 5.28. The molecule has 1 rings (SSSR count). The average Bonchev–Trinajstić information content (AvgIpc) is 1.86. The molecule has 2 N–H and O–H groups in total. The van der Waals surface area contributed by atoms with Crippen LogP contribution in [0.25, 0.3) is 0 Å². The summed E-state index contributed by atoms with van der Waals surface area (Å²) in [6.07, 6.45) is 3.43. The number of sulfone groups is 1. The molecule has 0 aliphatic carbocycles. The van der Waals surface area contributed by atoms with Crippen LogP contribution < -0.4 is 5.73 Å². The summed E-state index contributed by atoms with van der Waals surface area (Å²) >= 11 is 0. The van der Waals surface area contributed by atoms with E-state index in [0.717, 1.165) is 6.26 Å². The first kappa shape index (κ1) is 7.93. The molecule has 0 aromatic carbocycles. The summed E-state index contributed by atoms with van der Waals surface area (Å²) in [5, 5.41) is 0. The number of nitrogen functional groups attached to an aromatic ring is 1. The third-order valence-electron chi connectivity index (χ3n) is 1.11. The van der Waals surface area contributed by atoms with Crippen molar-refractivity contribution in [1.82, 2.24) is 9.97 Å². The van der Waals surface area contributed by atoms with Gasteiger partial charge in [-0.05, 0) is 0 Å². The number of anilines is 1. The minimum absolute atomic E-state index is 0.0116. The van der Waals surface area contributed by atoms with E-state index in [1.807, 2.05) is 0 Å². The first-order chi connectivity index (χ1) is 5.02. The zero-order chi connectivity index (χ0) is 8.48. The Kier molecular flexibility index (Phi) is 1.77. The van der Waals surface area contributed by atoms with E-state index in [2.05, 4.69) is 9.97 Å². The zero-order valence-electron chi connectivity index (χ0n) is 5.85. The Hall–Kier alpha value is -1.17. The van der Waals surface area contributed by atoms with Gasteiger partial charge in [-0.25, -0.2) is 18.4 Å². The van der Waals surface area contributed by atoms with Gasteiger partial charge in [-0.15, -0.1) is 0 Å². The maximum Gasteiger partial charge on any atom is 0.180 e. The standard InChI is InChI=1S/C5H7N3O2S/c1-11(9,10)4-2-7-3-8-5(4)6/h2-3H,1H3,(H2,6,7,8). The summed E-state index contributed by atoms with van der Waals surface area (Å²) in [4.78, 5) is 7.05. The number of rotatable bonds is 1. The highest BCUT2D eigenvalue weighted by Crippen LogP contribution is 2.11. The third-order valence-corrected chi connectivity index (χ3v) is 2.22. The Balaban J connectivity index is 3.37. The molecule has 0 amide bonds. The van der Waals surface area contributed by atoms with Gasteiger partial charge in [-0.1, -0.05) is 0 Å². The van der Waals surface area contributed by atoms with Gasteiger partial charge in [0.2, 0.25) is 0 Å². The van der Waals surface area contributed by atoms with Crippen molar-refractivity contribution in [3.05, 3.63) is 12.5 Å². The monoisotopic (exact) mass is 173 g/mol. The van der Waals surface area contributed by atoms with Crippen LogP contribution in [0.5, 0.6) is 0 Å². The highest BCUT2D eigenvalue weighted by molar-refractivity contribution is 7.90. The van der Waals surface area contributed by atoms with Gasteiger partial charge in [-0.2, -0.15) is 0 Å². The lowest BCUT2D eigenvalue weighted by molar-refractivity contribution is 0.601. The molecule has 1 aromatic heterocycles. The molecule has 0 fully saturated rings. The number of nitrogens with two attached hydrogens (primary N) is 1. The Bertz CT molecular complexity index is 360. The lowest BCUT2D eigenvalue weighted by Crippen LogP contribution is -2.04. The Morgan fingerprint density at radius 2 is 2.18 bits per heavy atom. The van der Waals surface area contributed by atoms with Crippen LogP contribution in [0.2, 0.25) is 0 Å². The minimum Gasteiger partial charge on any atom is -0.383 e. The van der Waals surface area contributed by atoms with Crippen molar-refractivity contribution in [1.29, 1.82) is 0 Å². The lowest BCUT2D eigenvalue weighted by Gasteiger charge is -1.98. The van der Waals surface area contributed by atoms with Gasteiger partial charge in [0.25, 0.3) is 0 Å². The topological polar surface area (TPSA) is 85.9 Å². The molecular weight excluding hydrogens is 166 g/mol. The molecule has 0 bridgehead atoms. The second-order valence-electron chi connectivity index (χ2n) is 2.04. The van der Waals surface area contributed by atoms with E-state index in [0.29, 0.717) is 0 Å². The van der Waals surface area contributed by atoms with Gasteiger partial charge < -0.3 is 5.73 Å². The van der Waals surface area contributed by atoms with Crippen LogP contribution in [0, 0.1) is 0 Å². The van der Waals surface area contributed by atoms with Crippen LogP contribution in [0.4, 0.5) is 5.82 Å². The fourth-order valence-corrected chi connectivity index (χ4v) is 1.30. The summed E-state index contributed by atoms with van der Waals surface area (Å²) in [6.45, 7) is 0. The first-order valence-corrected chi connectivity index (χ1v) is 4.66. The molecule has 11 heavy (non-hydrogen) atoms. The number of nitrogens with zero attached hydrogens (tertiary/aromatic N) is 2. The molecule has 0 aliphatic heterocycles. The maximum absolute atomic E-state index is 10.9. The molecule has 1 heterocycles. The molecule has 0 saturated heterocycles. The van der Waals surface area contributed by atoms with E-state index < -0.39 is 9.84 Å². The fraction of sp³-hybridized carbons (Fsp3) is 0.200. The van der Waals surface area contributed by atoms with E-state index in [1.54, 1.807) is 0 Å². The van der Waals surface area contributed by atoms with E-state index in [9.17, 15) is 8.42 Å². The van der Waals surface area contributed by atoms with Gasteiger partial charge in [0, 0.05) is 6.26 Å². The predicted molar refractivity (Wildman–Crippen MR) is 39.6 cm³/mol. The summed E-state index contributed by atoms with van der Waals surface area (Å²) in [6, 6.07) is 0. The highest BCUT2D eigenvalue weighted by atomic mass is 32.2. The van der Waals surface area contributed by atoms with Gasteiger partial charge in [0.05, 0.1) is 6.20 Å². The largest absolute Gasteiger partial charge is 0.383 e. The number of aromatic nitrogens is 2. The average molecular weight is 173 g/mol. The van der Waals surface area contributed by atoms with Crippen molar-refractivity contribution in [3.8, 4) is 0 Å². The summed E-state index contributed by atoms with van der Waals surface area (Å²) < 4.78 is 21.8. The molecule has 1 aromatic rings. The van der Waals surface area contributed by atoms with E-state index in [1.165, 1.54) is 12.5 Å². The SMILES string of the molecule is CS(=O)(=O)c1cncnc1N. The predicted octanol–water partition coefficient (Wildman–Crippen LogP) is -0.538. The van der Waals surface area contributed by atoms with Gasteiger partial charge in [0.15, 0.2) is 9.84 Å². The van der Waals surface area contributed by atoms with Crippen molar-refractivity contribution in [3.63, 3.8) is 0 Å². The molecule has 0 saturated carbocycles. The zero-order valence-corrected chi connectivity index (χ0v) is 6.67. The minimum atomic E-state index is -3.28. The molecule has 60 valence electrons. The first-order valence-electron chi connectivity index (χ1n) is 2.77. The Morgan fingerprint density at radius 3 is 2.55 bits per heavy atom. The third kappa shape index (κ3) is 1.64. The maximum atomic E-state index is 10.9. The van der Waals surface area contributed by atoms with Gasteiger partial charge in [0.1, 0.15) is 17.0 Å². The Morgan fingerprint density at radius 1 is 1.55 bits per heavy atom. The van der Waals surface area contributed by atoms with Crippen molar-refractivity contribution in [2.24, 2.45) is 0 Å². The van der Waals surface area contributed by atoms with Crippen molar-refractivity contribution < 1.29 is 8.42 Å². The van der Waals surface area contributed by atoms with E-state index in [-0.39, 0.29) is 10.7 Å². The normalized spacial score (nSPS) is 11.4. The van der Waals surface area contributed by atoms with Gasteiger partial charge >= 0.3 is 0 Å². The summed E-state index contributed by atoms with van der Waals surface area (Å²) in [5.74, 6) is -0.0116. The van der Waals surface area contributed by atoms with Crippen LogP contribution in [0.15, 0.2) is 17.4 Å². The molecule has 5 nitrogen and oxygen atoms in total. The summed E-state index contributed by atoms with van der Waals surface area (Å²) in [7, 11) is -3.28. The van der Waals surface area contributed by atoms with Crippen molar-refractivity contribution >= 4 is 15.7 Å². The molecule has 0 spiro atoms. The lowest BCUT2D eigenvalue weighted by atomic mass is 10.6. The Labute approximate surface area is 64.2 Å².